The fourth-order valence-corrected chi connectivity index (χ4v) is 2.03. The van der Waals surface area contributed by atoms with Crippen LogP contribution in [-0.2, 0) is 0 Å². The van der Waals surface area contributed by atoms with E-state index in [1.165, 1.54) is 0 Å². The summed E-state index contributed by atoms with van der Waals surface area (Å²) >= 11 is 0. The molecule has 0 saturated carbocycles. The van der Waals surface area contributed by atoms with Gasteiger partial charge in [-0.15, -0.1) is 0 Å². The predicted molar refractivity (Wildman–Crippen MR) is 69.1 cm³/mol. The topological polar surface area (TPSA) is 47.4 Å². The number of H-pyrrole nitrogens is 1. The highest BCUT2D eigenvalue weighted by molar-refractivity contribution is 5.91. The molecule has 0 atom stereocenters. The van der Waals surface area contributed by atoms with E-state index in [0.29, 0.717) is 0 Å². The first-order valence-corrected chi connectivity index (χ1v) is 5.60. The van der Waals surface area contributed by atoms with Gasteiger partial charge in [-0.3, -0.25) is 0 Å². The summed E-state index contributed by atoms with van der Waals surface area (Å²) < 4.78 is 16.0. The molecule has 4 nitrogen and oxygen atoms in total. The molecule has 0 aliphatic rings. The van der Waals surface area contributed by atoms with Gasteiger partial charge in [0, 0.05) is 11.5 Å². The summed E-state index contributed by atoms with van der Waals surface area (Å²) in [6.07, 6.45) is 1.65. The highest BCUT2D eigenvalue weighted by atomic mass is 16.5. The number of aromatic amines is 1. The van der Waals surface area contributed by atoms with Gasteiger partial charge in [-0.1, -0.05) is 0 Å². The van der Waals surface area contributed by atoms with E-state index in [1.54, 1.807) is 20.5 Å². The fraction of sp³-hybridized carbons (Fsp3) is 0.143. The van der Waals surface area contributed by atoms with Crippen LogP contribution >= 0.6 is 0 Å². The van der Waals surface area contributed by atoms with Gasteiger partial charge in [0.25, 0.3) is 0 Å². The molecule has 0 aliphatic carbocycles. The van der Waals surface area contributed by atoms with Crippen LogP contribution in [0.15, 0.2) is 41.0 Å². The molecule has 1 aromatic carbocycles. The monoisotopic (exact) mass is 243 g/mol. The Hall–Kier alpha value is -2.36. The summed E-state index contributed by atoms with van der Waals surface area (Å²) in [4.78, 5) is 3.29. The van der Waals surface area contributed by atoms with E-state index < -0.39 is 0 Å². The molecule has 0 fully saturated rings. The van der Waals surface area contributed by atoms with Gasteiger partial charge in [-0.2, -0.15) is 0 Å². The minimum atomic E-state index is 0.752. The second kappa shape index (κ2) is 4.14. The number of furan rings is 1. The van der Waals surface area contributed by atoms with E-state index in [-0.39, 0.29) is 0 Å². The van der Waals surface area contributed by atoms with Crippen molar-refractivity contribution in [3.8, 4) is 23.0 Å². The third-order valence-electron chi connectivity index (χ3n) is 2.91. The second-order valence-electron chi connectivity index (χ2n) is 3.95. The van der Waals surface area contributed by atoms with E-state index in [0.717, 1.165) is 33.9 Å². The number of aromatic nitrogens is 1. The first kappa shape index (κ1) is 10.8. The molecule has 1 N–H and O–H groups in total. The van der Waals surface area contributed by atoms with Crippen molar-refractivity contribution >= 4 is 10.9 Å². The van der Waals surface area contributed by atoms with E-state index in [2.05, 4.69) is 4.98 Å². The van der Waals surface area contributed by atoms with E-state index in [1.807, 2.05) is 30.3 Å². The minimum Gasteiger partial charge on any atom is -0.497 e. The van der Waals surface area contributed by atoms with Gasteiger partial charge in [0.2, 0.25) is 0 Å². The lowest BCUT2D eigenvalue weighted by atomic mass is 10.2. The largest absolute Gasteiger partial charge is 0.497 e. The Balaban J connectivity index is 2.22. The van der Waals surface area contributed by atoms with Crippen molar-refractivity contribution in [2.75, 3.05) is 14.2 Å². The van der Waals surface area contributed by atoms with Crippen LogP contribution in [0.25, 0.3) is 22.4 Å². The van der Waals surface area contributed by atoms with E-state index in [4.69, 9.17) is 13.9 Å². The van der Waals surface area contributed by atoms with Gasteiger partial charge in [0.1, 0.15) is 17.3 Å². The molecule has 0 saturated heterocycles. The first-order valence-electron chi connectivity index (χ1n) is 5.60. The smallest absolute Gasteiger partial charge is 0.150 e. The molecule has 3 rings (SSSR count). The van der Waals surface area contributed by atoms with Crippen LogP contribution in [-0.4, -0.2) is 19.2 Å². The molecule has 0 amide bonds. The Morgan fingerprint density at radius 3 is 2.67 bits per heavy atom. The third-order valence-corrected chi connectivity index (χ3v) is 2.91. The maximum absolute atomic E-state index is 5.38. The Morgan fingerprint density at radius 1 is 1.11 bits per heavy atom. The van der Waals surface area contributed by atoms with Crippen LogP contribution in [0.5, 0.6) is 11.5 Å². The third kappa shape index (κ3) is 1.62. The Bertz CT molecular complexity index is 668. The number of hydrogen-bond acceptors (Lipinski definition) is 3. The van der Waals surface area contributed by atoms with Gasteiger partial charge >= 0.3 is 0 Å². The van der Waals surface area contributed by atoms with Crippen LogP contribution < -0.4 is 9.47 Å². The molecule has 0 bridgehead atoms. The Kier molecular flexibility index (Phi) is 2.48. The van der Waals surface area contributed by atoms with Crippen molar-refractivity contribution in [1.82, 2.24) is 4.98 Å². The molecule has 18 heavy (non-hydrogen) atoms. The number of fused-ring (bicyclic) bond motifs is 1. The van der Waals surface area contributed by atoms with E-state index in [9.17, 15) is 0 Å². The number of methoxy groups -OCH3 is 2. The molecule has 0 aliphatic heterocycles. The number of hydrogen-bond donors (Lipinski definition) is 1. The molecule has 2 aromatic heterocycles. The van der Waals surface area contributed by atoms with Crippen LogP contribution in [0, 0.1) is 0 Å². The van der Waals surface area contributed by atoms with Crippen LogP contribution in [0.3, 0.4) is 0 Å². The number of ether oxygens (including phenoxy) is 2. The summed E-state index contributed by atoms with van der Waals surface area (Å²) in [5.41, 5.74) is 1.85. The predicted octanol–water partition coefficient (Wildman–Crippen LogP) is 3.45. The standard InChI is InChI=1S/C14H13NO3/c1-16-10-6-9-7-11(12-4-3-5-18-12)15-14(9)13(8-10)17-2/h3-8,15H,1-2H3. The van der Waals surface area contributed by atoms with Gasteiger partial charge in [-0.25, -0.2) is 0 Å². The second-order valence-corrected chi connectivity index (χ2v) is 3.95. The molecule has 92 valence electrons. The summed E-state index contributed by atoms with van der Waals surface area (Å²) in [6, 6.07) is 9.60. The van der Waals surface area contributed by atoms with Crippen molar-refractivity contribution < 1.29 is 13.9 Å². The molecular weight excluding hydrogens is 230 g/mol. The van der Waals surface area contributed by atoms with Crippen LogP contribution in [0.1, 0.15) is 0 Å². The molecular formula is C14H13NO3. The highest BCUT2D eigenvalue weighted by Gasteiger charge is 2.11. The molecule has 0 unspecified atom stereocenters. The van der Waals surface area contributed by atoms with Crippen molar-refractivity contribution in [1.29, 1.82) is 0 Å². The molecule has 0 radical (unpaired) electrons. The first-order chi connectivity index (χ1) is 8.81. The van der Waals surface area contributed by atoms with Gasteiger partial charge in [-0.05, 0) is 24.3 Å². The Labute approximate surface area is 104 Å². The maximum Gasteiger partial charge on any atom is 0.150 e. The number of nitrogens with one attached hydrogen (secondary N) is 1. The van der Waals surface area contributed by atoms with Crippen molar-refractivity contribution in [2.45, 2.75) is 0 Å². The lowest BCUT2D eigenvalue weighted by Crippen LogP contribution is -1.87. The Morgan fingerprint density at radius 2 is 2.00 bits per heavy atom. The van der Waals surface area contributed by atoms with Crippen LogP contribution in [0.4, 0.5) is 0 Å². The number of benzene rings is 1. The lowest BCUT2D eigenvalue weighted by Gasteiger charge is -2.05. The highest BCUT2D eigenvalue weighted by Crippen LogP contribution is 2.33. The summed E-state index contributed by atoms with van der Waals surface area (Å²) in [7, 11) is 3.28. The van der Waals surface area contributed by atoms with Gasteiger partial charge in [0.15, 0.2) is 0 Å². The zero-order valence-electron chi connectivity index (χ0n) is 10.2. The lowest BCUT2D eigenvalue weighted by molar-refractivity contribution is 0.397. The average molecular weight is 243 g/mol. The normalized spacial score (nSPS) is 10.8. The zero-order chi connectivity index (χ0) is 12.5. The molecule has 2 heterocycles. The fourth-order valence-electron chi connectivity index (χ4n) is 2.03. The SMILES string of the molecule is COc1cc(OC)c2[nH]c(-c3ccco3)cc2c1. The van der Waals surface area contributed by atoms with Gasteiger partial charge < -0.3 is 18.9 Å². The maximum atomic E-state index is 5.38. The molecule has 4 heteroatoms. The summed E-state index contributed by atoms with van der Waals surface area (Å²) in [5.74, 6) is 2.32. The van der Waals surface area contributed by atoms with Crippen molar-refractivity contribution in [3.63, 3.8) is 0 Å². The van der Waals surface area contributed by atoms with Gasteiger partial charge in [0.05, 0.1) is 31.7 Å². The van der Waals surface area contributed by atoms with Crippen molar-refractivity contribution in [3.05, 3.63) is 36.6 Å². The molecule has 3 aromatic rings. The summed E-state index contributed by atoms with van der Waals surface area (Å²) in [5, 5.41) is 1.03. The number of rotatable bonds is 3. The summed E-state index contributed by atoms with van der Waals surface area (Å²) in [6.45, 7) is 0. The zero-order valence-corrected chi connectivity index (χ0v) is 10.2. The van der Waals surface area contributed by atoms with E-state index >= 15 is 0 Å². The van der Waals surface area contributed by atoms with Crippen LogP contribution in [0.2, 0.25) is 0 Å². The quantitative estimate of drug-likeness (QED) is 0.766. The molecule has 0 spiro atoms. The average Bonchev–Trinajstić information content (AvgIpc) is 3.05. The minimum absolute atomic E-state index is 0.752. The van der Waals surface area contributed by atoms with Crippen molar-refractivity contribution in [2.24, 2.45) is 0 Å².